The largest absolute Gasteiger partial charge is 0.480 e. The molecule has 5 heteroatoms. The van der Waals surface area contributed by atoms with E-state index in [9.17, 15) is 9.59 Å². The van der Waals surface area contributed by atoms with Crippen LogP contribution in [0.15, 0.2) is 0 Å². The van der Waals surface area contributed by atoms with Crippen LogP contribution in [-0.4, -0.2) is 52.1 Å². The van der Waals surface area contributed by atoms with Crippen LogP contribution in [0.25, 0.3) is 0 Å². The number of carbonyl (C=O) groups is 2. The molecule has 2 amide bonds. The highest BCUT2D eigenvalue weighted by Gasteiger charge is 2.31. The van der Waals surface area contributed by atoms with Crippen molar-refractivity contribution in [3.8, 4) is 0 Å². The molecule has 0 aliphatic carbocycles. The van der Waals surface area contributed by atoms with Gasteiger partial charge in [-0.15, -0.1) is 0 Å². The van der Waals surface area contributed by atoms with Crippen molar-refractivity contribution in [2.24, 2.45) is 5.92 Å². The lowest BCUT2D eigenvalue weighted by molar-refractivity contribution is -0.138. The minimum Gasteiger partial charge on any atom is -0.480 e. The first kappa shape index (κ1) is 18.7. The molecule has 0 aliphatic heterocycles. The van der Waals surface area contributed by atoms with Gasteiger partial charge in [-0.1, -0.05) is 26.7 Å². The Balaban J connectivity index is 5.04. The van der Waals surface area contributed by atoms with E-state index in [1.54, 1.807) is 4.90 Å². The molecule has 0 aromatic heterocycles. The first-order valence-electron chi connectivity index (χ1n) is 7.45. The standard InChI is InChI=1S/C15H30N2O3/c1-7-12(8-2)10-16(9-3)14(20)17(11-13(18)19)15(4,5)6/h12H,7-11H2,1-6H3,(H,18,19). The molecular weight excluding hydrogens is 256 g/mol. The summed E-state index contributed by atoms with van der Waals surface area (Å²) >= 11 is 0. The van der Waals surface area contributed by atoms with Gasteiger partial charge in [0.1, 0.15) is 6.54 Å². The van der Waals surface area contributed by atoms with Crippen LogP contribution in [0, 0.1) is 5.92 Å². The van der Waals surface area contributed by atoms with Crippen LogP contribution < -0.4 is 0 Å². The number of amides is 2. The SMILES string of the molecule is CCC(CC)CN(CC)C(=O)N(CC(=O)O)C(C)(C)C. The predicted octanol–water partition coefficient (Wildman–Crippen LogP) is 3.05. The number of carboxylic acids is 1. The molecule has 0 aromatic rings. The van der Waals surface area contributed by atoms with Crippen molar-refractivity contribution in [1.82, 2.24) is 9.80 Å². The fourth-order valence-electron chi connectivity index (χ4n) is 2.10. The summed E-state index contributed by atoms with van der Waals surface area (Å²) in [4.78, 5) is 26.8. The van der Waals surface area contributed by atoms with Gasteiger partial charge >= 0.3 is 12.0 Å². The molecule has 1 N–H and O–H groups in total. The highest BCUT2D eigenvalue weighted by Crippen LogP contribution is 2.18. The summed E-state index contributed by atoms with van der Waals surface area (Å²) in [5.74, 6) is -0.516. The summed E-state index contributed by atoms with van der Waals surface area (Å²) < 4.78 is 0. The molecule has 0 unspecified atom stereocenters. The molecule has 0 spiro atoms. The van der Waals surface area contributed by atoms with Gasteiger partial charge in [0.2, 0.25) is 0 Å². The second kappa shape index (κ2) is 8.12. The minimum absolute atomic E-state index is 0.186. The minimum atomic E-state index is -0.980. The molecular formula is C15H30N2O3. The van der Waals surface area contributed by atoms with Crippen molar-refractivity contribution in [2.75, 3.05) is 19.6 Å². The van der Waals surface area contributed by atoms with E-state index in [4.69, 9.17) is 5.11 Å². The Morgan fingerprint density at radius 2 is 1.60 bits per heavy atom. The molecule has 0 aliphatic rings. The summed E-state index contributed by atoms with van der Waals surface area (Å²) in [7, 11) is 0. The van der Waals surface area contributed by atoms with E-state index in [1.807, 2.05) is 27.7 Å². The first-order valence-corrected chi connectivity index (χ1v) is 7.45. The zero-order valence-electron chi connectivity index (χ0n) is 13.8. The van der Waals surface area contributed by atoms with Gasteiger partial charge in [-0.2, -0.15) is 0 Å². The summed E-state index contributed by atoms with van der Waals surface area (Å²) in [6.45, 7) is 12.8. The average molecular weight is 286 g/mol. The van der Waals surface area contributed by atoms with Crippen molar-refractivity contribution in [3.05, 3.63) is 0 Å². The molecule has 20 heavy (non-hydrogen) atoms. The van der Waals surface area contributed by atoms with Crippen molar-refractivity contribution in [1.29, 1.82) is 0 Å². The molecule has 0 fully saturated rings. The lowest BCUT2D eigenvalue weighted by Crippen LogP contribution is -2.54. The third-order valence-corrected chi connectivity index (χ3v) is 3.62. The molecule has 0 aromatic carbocycles. The fraction of sp³-hybridized carbons (Fsp3) is 0.867. The average Bonchev–Trinajstić information content (AvgIpc) is 2.35. The lowest BCUT2D eigenvalue weighted by Gasteiger charge is -2.39. The quantitative estimate of drug-likeness (QED) is 0.782. The van der Waals surface area contributed by atoms with E-state index in [0.29, 0.717) is 19.0 Å². The molecule has 0 rings (SSSR count). The second-order valence-electron chi connectivity index (χ2n) is 6.15. The summed E-state index contributed by atoms with van der Waals surface area (Å²) in [6, 6.07) is -0.186. The van der Waals surface area contributed by atoms with Crippen LogP contribution in [0.5, 0.6) is 0 Å². The Bertz CT molecular complexity index is 320. The Morgan fingerprint density at radius 3 is 1.90 bits per heavy atom. The lowest BCUT2D eigenvalue weighted by atomic mass is 10.0. The number of hydrogen-bond donors (Lipinski definition) is 1. The smallest absolute Gasteiger partial charge is 0.323 e. The number of aliphatic carboxylic acids is 1. The number of urea groups is 1. The molecule has 0 heterocycles. The van der Waals surface area contributed by atoms with Gasteiger partial charge in [-0.05, 0) is 33.6 Å². The Hall–Kier alpha value is -1.26. The predicted molar refractivity (Wildman–Crippen MR) is 80.8 cm³/mol. The van der Waals surface area contributed by atoms with Crippen molar-refractivity contribution in [2.45, 2.75) is 59.9 Å². The van der Waals surface area contributed by atoms with Crippen LogP contribution in [0.3, 0.4) is 0 Å². The van der Waals surface area contributed by atoms with Gasteiger partial charge < -0.3 is 14.9 Å². The molecule has 118 valence electrons. The molecule has 5 nitrogen and oxygen atoms in total. The highest BCUT2D eigenvalue weighted by atomic mass is 16.4. The van der Waals surface area contributed by atoms with Crippen LogP contribution >= 0.6 is 0 Å². The van der Waals surface area contributed by atoms with Crippen LogP contribution in [0.2, 0.25) is 0 Å². The van der Waals surface area contributed by atoms with Gasteiger partial charge in [0, 0.05) is 18.6 Å². The summed E-state index contributed by atoms with van der Waals surface area (Å²) in [6.07, 6.45) is 2.05. The number of nitrogens with zero attached hydrogens (tertiary/aromatic N) is 2. The number of rotatable bonds is 7. The van der Waals surface area contributed by atoms with Crippen molar-refractivity contribution < 1.29 is 14.7 Å². The van der Waals surface area contributed by atoms with E-state index in [-0.39, 0.29) is 12.6 Å². The van der Waals surface area contributed by atoms with Gasteiger partial charge in [0.05, 0.1) is 0 Å². The number of carboxylic acid groups (broad SMARTS) is 1. The van der Waals surface area contributed by atoms with Gasteiger partial charge in [-0.3, -0.25) is 4.79 Å². The molecule has 0 bridgehead atoms. The van der Waals surface area contributed by atoms with E-state index in [0.717, 1.165) is 12.8 Å². The van der Waals surface area contributed by atoms with Crippen LogP contribution in [0.1, 0.15) is 54.4 Å². The second-order valence-corrected chi connectivity index (χ2v) is 6.15. The van der Waals surface area contributed by atoms with Gasteiger partial charge in [0.15, 0.2) is 0 Å². The van der Waals surface area contributed by atoms with E-state index < -0.39 is 11.5 Å². The molecule has 0 atom stereocenters. The summed E-state index contributed by atoms with van der Waals surface area (Å²) in [5, 5.41) is 9.01. The fourth-order valence-corrected chi connectivity index (χ4v) is 2.10. The Morgan fingerprint density at radius 1 is 1.10 bits per heavy atom. The number of carbonyl (C=O) groups excluding carboxylic acids is 1. The Kier molecular flexibility index (Phi) is 7.61. The van der Waals surface area contributed by atoms with E-state index in [2.05, 4.69) is 13.8 Å². The Labute approximate surface area is 122 Å². The zero-order valence-corrected chi connectivity index (χ0v) is 13.8. The highest BCUT2D eigenvalue weighted by molar-refractivity contribution is 5.80. The normalized spacial score (nSPS) is 11.6. The van der Waals surface area contributed by atoms with E-state index >= 15 is 0 Å². The maximum atomic E-state index is 12.6. The molecule has 0 radical (unpaired) electrons. The third-order valence-electron chi connectivity index (χ3n) is 3.62. The monoisotopic (exact) mass is 286 g/mol. The zero-order chi connectivity index (χ0) is 15.9. The first-order chi connectivity index (χ1) is 9.17. The molecule has 0 saturated heterocycles. The van der Waals surface area contributed by atoms with Crippen LogP contribution in [0.4, 0.5) is 4.79 Å². The topological polar surface area (TPSA) is 60.9 Å². The van der Waals surface area contributed by atoms with Gasteiger partial charge in [-0.25, -0.2) is 4.79 Å². The van der Waals surface area contributed by atoms with Crippen molar-refractivity contribution >= 4 is 12.0 Å². The maximum absolute atomic E-state index is 12.6. The van der Waals surface area contributed by atoms with E-state index in [1.165, 1.54) is 4.90 Å². The molecule has 0 saturated carbocycles. The van der Waals surface area contributed by atoms with Gasteiger partial charge in [0.25, 0.3) is 0 Å². The number of hydrogen-bond acceptors (Lipinski definition) is 2. The third kappa shape index (κ3) is 5.80. The van der Waals surface area contributed by atoms with Crippen molar-refractivity contribution in [3.63, 3.8) is 0 Å². The van der Waals surface area contributed by atoms with Crippen LogP contribution in [-0.2, 0) is 4.79 Å². The summed E-state index contributed by atoms with van der Waals surface area (Å²) in [5.41, 5.74) is -0.503. The maximum Gasteiger partial charge on any atom is 0.323 e.